The lowest BCUT2D eigenvalue weighted by Crippen LogP contribution is -2.31. The Bertz CT molecular complexity index is 638. The van der Waals surface area contributed by atoms with Crippen LogP contribution >= 0.6 is 23.2 Å². The summed E-state index contributed by atoms with van der Waals surface area (Å²) >= 11 is 11.4. The maximum Gasteiger partial charge on any atom is 0.255 e. The quantitative estimate of drug-likeness (QED) is 0.904. The fourth-order valence-electron chi connectivity index (χ4n) is 1.41. The maximum absolute atomic E-state index is 12.2. The maximum atomic E-state index is 12.2. The summed E-state index contributed by atoms with van der Waals surface area (Å²) in [6.07, 6.45) is -2.73. The molecule has 1 aromatic carbocycles. The molecule has 0 radical (unpaired) electrons. The number of halogens is 4. The fourth-order valence-corrected chi connectivity index (χ4v) is 2.81. The van der Waals surface area contributed by atoms with Gasteiger partial charge in [-0.25, -0.2) is 22.3 Å². The van der Waals surface area contributed by atoms with Gasteiger partial charge in [-0.3, -0.25) is 4.79 Å². The summed E-state index contributed by atoms with van der Waals surface area (Å²) in [4.78, 5) is 12.1. The largest absolute Gasteiger partial charge is 0.336 e. The average Bonchev–Trinajstić information content (AvgIpc) is 2.25. The molecular weight excluding hydrogens is 337 g/mol. The van der Waals surface area contributed by atoms with Gasteiger partial charge in [-0.2, -0.15) is 0 Å². The monoisotopic (exact) mass is 346 g/mol. The van der Waals surface area contributed by atoms with Crippen LogP contribution in [0.2, 0.25) is 10.0 Å². The zero-order valence-electron chi connectivity index (χ0n) is 10.1. The highest BCUT2D eigenvalue weighted by Gasteiger charge is 2.23. The van der Waals surface area contributed by atoms with Gasteiger partial charge in [0, 0.05) is 7.05 Å². The van der Waals surface area contributed by atoms with Gasteiger partial charge in [-0.1, -0.05) is 23.2 Å². The summed E-state index contributed by atoms with van der Waals surface area (Å²) in [6, 6.07) is 1.89. The van der Waals surface area contributed by atoms with E-state index in [4.69, 9.17) is 28.3 Å². The molecule has 0 spiro atoms. The Kier molecular flexibility index (Phi) is 5.31. The number of amides is 1. The summed E-state index contributed by atoms with van der Waals surface area (Å²) in [5.41, 5.74) is -0.275. The second-order valence-corrected chi connectivity index (χ2v) is 6.23. The van der Waals surface area contributed by atoms with Crippen LogP contribution in [0, 0.1) is 0 Å². The van der Waals surface area contributed by atoms with Crippen LogP contribution in [0.4, 0.5) is 8.78 Å². The minimum Gasteiger partial charge on any atom is -0.336 e. The summed E-state index contributed by atoms with van der Waals surface area (Å²) in [5.74, 6) is -0.864. The SMILES string of the molecule is CN(CC(F)F)C(=O)c1cc(S(N)(=O)=O)c(Cl)cc1Cl. The van der Waals surface area contributed by atoms with Crippen molar-refractivity contribution in [3.8, 4) is 0 Å². The molecule has 0 unspecified atom stereocenters. The van der Waals surface area contributed by atoms with Crippen molar-refractivity contribution in [1.29, 1.82) is 0 Å². The first-order valence-electron chi connectivity index (χ1n) is 5.09. The van der Waals surface area contributed by atoms with Crippen LogP contribution in [0.5, 0.6) is 0 Å². The van der Waals surface area contributed by atoms with E-state index in [2.05, 4.69) is 0 Å². The Balaban J connectivity index is 3.29. The first-order valence-corrected chi connectivity index (χ1v) is 7.39. The van der Waals surface area contributed by atoms with E-state index in [1.165, 1.54) is 0 Å². The summed E-state index contributed by atoms with van der Waals surface area (Å²) in [6.45, 7) is -0.817. The van der Waals surface area contributed by atoms with Crippen LogP contribution in [0.1, 0.15) is 10.4 Å². The van der Waals surface area contributed by atoms with E-state index < -0.39 is 33.8 Å². The number of benzene rings is 1. The van der Waals surface area contributed by atoms with Gasteiger partial charge in [0.15, 0.2) is 0 Å². The van der Waals surface area contributed by atoms with Gasteiger partial charge in [-0.05, 0) is 12.1 Å². The molecule has 1 amide bonds. The summed E-state index contributed by atoms with van der Waals surface area (Å²) in [7, 11) is -3.03. The molecule has 0 saturated carbocycles. The van der Waals surface area contributed by atoms with E-state index in [0.717, 1.165) is 19.2 Å². The van der Waals surface area contributed by atoms with E-state index >= 15 is 0 Å². The second kappa shape index (κ2) is 6.21. The van der Waals surface area contributed by atoms with Gasteiger partial charge in [0.2, 0.25) is 10.0 Å². The Morgan fingerprint density at radius 1 is 1.35 bits per heavy atom. The number of rotatable bonds is 4. The third-order valence-electron chi connectivity index (χ3n) is 2.32. The van der Waals surface area contributed by atoms with Crippen molar-refractivity contribution in [2.45, 2.75) is 11.3 Å². The van der Waals surface area contributed by atoms with Crippen LogP contribution in [0.25, 0.3) is 0 Å². The van der Waals surface area contributed by atoms with Gasteiger partial charge in [0.1, 0.15) is 4.90 Å². The Morgan fingerprint density at radius 3 is 2.35 bits per heavy atom. The van der Waals surface area contributed by atoms with Crippen molar-refractivity contribution in [3.63, 3.8) is 0 Å². The van der Waals surface area contributed by atoms with Crippen molar-refractivity contribution in [3.05, 3.63) is 27.7 Å². The molecule has 0 fully saturated rings. The van der Waals surface area contributed by atoms with Crippen LogP contribution in [0.15, 0.2) is 17.0 Å². The molecule has 1 aromatic rings. The van der Waals surface area contributed by atoms with E-state index in [1.54, 1.807) is 0 Å². The highest BCUT2D eigenvalue weighted by molar-refractivity contribution is 7.89. The van der Waals surface area contributed by atoms with Crippen LogP contribution in [-0.2, 0) is 10.0 Å². The Morgan fingerprint density at radius 2 is 1.90 bits per heavy atom. The second-order valence-electron chi connectivity index (χ2n) is 3.88. The number of hydrogen-bond donors (Lipinski definition) is 1. The third-order valence-corrected chi connectivity index (χ3v) is 4.01. The van der Waals surface area contributed by atoms with Gasteiger partial charge in [0.25, 0.3) is 12.3 Å². The summed E-state index contributed by atoms with van der Waals surface area (Å²) < 4.78 is 47.0. The minimum absolute atomic E-state index is 0.159. The minimum atomic E-state index is -4.16. The number of hydrogen-bond acceptors (Lipinski definition) is 3. The molecule has 20 heavy (non-hydrogen) atoms. The van der Waals surface area contributed by atoms with Crippen molar-refractivity contribution in [1.82, 2.24) is 4.90 Å². The van der Waals surface area contributed by atoms with E-state index in [9.17, 15) is 22.0 Å². The third kappa shape index (κ3) is 4.02. The fraction of sp³-hybridized carbons (Fsp3) is 0.300. The topological polar surface area (TPSA) is 80.5 Å². The molecule has 2 N–H and O–H groups in total. The molecule has 5 nitrogen and oxygen atoms in total. The molecule has 0 aliphatic carbocycles. The number of nitrogens with zero attached hydrogens (tertiary/aromatic N) is 1. The molecule has 0 aliphatic heterocycles. The predicted octanol–water partition coefficient (Wildman–Crippen LogP) is 1.98. The number of nitrogens with two attached hydrogens (primary N) is 1. The van der Waals surface area contributed by atoms with E-state index in [1.807, 2.05) is 0 Å². The lowest BCUT2D eigenvalue weighted by molar-refractivity contribution is 0.0620. The highest BCUT2D eigenvalue weighted by atomic mass is 35.5. The molecule has 1 rings (SSSR count). The van der Waals surface area contributed by atoms with Crippen molar-refractivity contribution in [2.75, 3.05) is 13.6 Å². The van der Waals surface area contributed by atoms with Gasteiger partial charge >= 0.3 is 0 Å². The van der Waals surface area contributed by atoms with E-state index in [0.29, 0.717) is 4.90 Å². The Labute approximate surface area is 124 Å². The van der Waals surface area contributed by atoms with Crippen LogP contribution in [-0.4, -0.2) is 39.2 Å². The number of sulfonamides is 1. The zero-order chi connectivity index (χ0) is 15.7. The molecule has 10 heteroatoms. The van der Waals surface area contributed by atoms with Gasteiger partial charge in [-0.15, -0.1) is 0 Å². The molecule has 0 aliphatic rings. The van der Waals surface area contributed by atoms with Crippen molar-refractivity contribution < 1.29 is 22.0 Å². The molecule has 0 heterocycles. The molecule has 0 atom stereocenters. The summed E-state index contributed by atoms with van der Waals surface area (Å²) in [5, 5.41) is 4.52. The van der Waals surface area contributed by atoms with Crippen molar-refractivity contribution in [2.24, 2.45) is 5.14 Å². The van der Waals surface area contributed by atoms with Gasteiger partial charge in [0.05, 0.1) is 22.2 Å². The van der Waals surface area contributed by atoms with Crippen molar-refractivity contribution >= 4 is 39.1 Å². The number of carbonyl (C=O) groups excluding carboxylic acids is 1. The molecule has 0 bridgehead atoms. The predicted molar refractivity (Wildman–Crippen MR) is 70.8 cm³/mol. The first-order chi connectivity index (χ1) is 9.04. The smallest absolute Gasteiger partial charge is 0.255 e. The molecule has 0 saturated heterocycles. The number of alkyl halides is 2. The standard InChI is InChI=1S/C10H10Cl2F2N2O3S/c1-16(4-9(13)14)10(17)5-2-8(20(15,18)19)7(12)3-6(5)11/h2-3,9H,4H2,1H3,(H2,15,18,19). The Hall–Kier alpha value is -0.960. The normalized spacial score (nSPS) is 11.8. The lowest BCUT2D eigenvalue weighted by Gasteiger charge is -2.18. The van der Waals surface area contributed by atoms with Gasteiger partial charge < -0.3 is 4.90 Å². The average molecular weight is 347 g/mol. The van der Waals surface area contributed by atoms with Crippen LogP contribution < -0.4 is 5.14 Å². The lowest BCUT2D eigenvalue weighted by atomic mass is 10.2. The van der Waals surface area contributed by atoms with E-state index in [-0.39, 0.29) is 15.6 Å². The van der Waals surface area contributed by atoms with Crippen LogP contribution in [0.3, 0.4) is 0 Å². The molecule has 0 aromatic heterocycles. The highest BCUT2D eigenvalue weighted by Crippen LogP contribution is 2.28. The number of primary sulfonamides is 1. The number of carbonyl (C=O) groups is 1. The first kappa shape index (κ1) is 17.1. The zero-order valence-corrected chi connectivity index (χ0v) is 12.4. The molecule has 112 valence electrons. The molecular formula is C10H10Cl2F2N2O3S.